The van der Waals surface area contributed by atoms with Gasteiger partial charge in [0.05, 0.1) is 21.9 Å². The van der Waals surface area contributed by atoms with Crippen molar-refractivity contribution >= 4 is 56.7 Å². The number of benzene rings is 2. The van der Waals surface area contributed by atoms with Crippen LogP contribution in [0.4, 0.5) is 5.82 Å². The molecule has 0 bridgehead atoms. The summed E-state index contributed by atoms with van der Waals surface area (Å²) in [5.74, 6) is 0.839. The van der Waals surface area contributed by atoms with Gasteiger partial charge in [-0.25, -0.2) is 4.98 Å². The summed E-state index contributed by atoms with van der Waals surface area (Å²) in [6.07, 6.45) is 4.48. The fourth-order valence-electron chi connectivity index (χ4n) is 3.53. The maximum atomic E-state index is 12.9. The molecular formula is C24H23BrClN5OS. The predicted octanol–water partition coefficient (Wildman–Crippen LogP) is 6.11. The number of fused-ring (bicyclic) bond motifs is 1. The minimum absolute atomic E-state index is 0.0308. The van der Waals surface area contributed by atoms with E-state index in [0.717, 1.165) is 38.4 Å². The molecule has 4 aromatic rings. The van der Waals surface area contributed by atoms with Crippen LogP contribution in [0.25, 0.3) is 16.9 Å². The van der Waals surface area contributed by atoms with Crippen molar-refractivity contribution in [1.29, 1.82) is 0 Å². The number of amides is 1. The predicted molar refractivity (Wildman–Crippen MR) is 139 cm³/mol. The molecule has 0 aliphatic heterocycles. The maximum Gasteiger partial charge on any atom is 0.254 e. The Bertz CT molecular complexity index is 1300. The summed E-state index contributed by atoms with van der Waals surface area (Å²) in [6.45, 7) is 1.29. The number of hydrogen-bond acceptors (Lipinski definition) is 5. The molecule has 6 nitrogen and oxygen atoms in total. The smallest absolute Gasteiger partial charge is 0.254 e. The second kappa shape index (κ2) is 10.6. The topological polar surface area (TPSA) is 62.5 Å². The van der Waals surface area contributed by atoms with E-state index in [1.54, 1.807) is 27.4 Å². The first-order valence-electron chi connectivity index (χ1n) is 10.4. The van der Waals surface area contributed by atoms with Crippen LogP contribution in [0.15, 0.2) is 70.2 Å². The van der Waals surface area contributed by atoms with Gasteiger partial charge in [-0.1, -0.05) is 41.9 Å². The van der Waals surface area contributed by atoms with Crippen LogP contribution in [-0.2, 0) is 0 Å². The maximum absolute atomic E-state index is 12.9. The van der Waals surface area contributed by atoms with Gasteiger partial charge in [0, 0.05) is 41.7 Å². The molecule has 2 aromatic heterocycles. The van der Waals surface area contributed by atoms with Gasteiger partial charge in [0.1, 0.15) is 5.82 Å². The van der Waals surface area contributed by atoms with Crippen LogP contribution in [0.1, 0.15) is 16.8 Å². The molecule has 1 amide bonds. The number of aromatic nitrogens is 3. The molecule has 170 valence electrons. The molecule has 9 heteroatoms. The quantitative estimate of drug-likeness (QED) is 0.214. The van der Waals surface area contributed by atoms with Crippen LogP contribution in [-0.4, -0.2) is 51.8 Å². The minimum Gasteiger partial charge on any atom is -0.370 e. The fraction of sp³-hybridized carbons (Fsp3) is 0.208. The van der Waals surface area contributed by atoms with Crippen LogP contribution in [0.3, 0.4) is 0 Å². The Hall–Kier alpha value is -2.55. The molecule has 4 rings (SSSR count). The first-order chi connectivity index (χ1) is 16.0. The summed E-state index contributed by atoms with van der Waals surface area (Å²) in [5, 5.41) is 8.50. The number of anilines is 1. The van der Waals surface area contributed by atoms with E-state index < -0.39 is 0 Å². The second-order valence-corrected chi connectivity index (χ2v) is 9.55. The molecule has 0 aliphatic carbocycles. The van der Waals surface area contributed by atoms with Gasteiger partial charge in [-0.05, 0) is 46.8 Å². The Morgan fingerprint density at radius 1 is 1.21 bits per heavy atom. The van der Waals surface area contributed by atoms with E-state index in [9.17, 15) is 4.79 Å². The van der Waals surface area contributed by atoms with Crippen LogP contribution in [0.5, 0.6) is 0 Å². The van der Waals surface area contributed by atoms with Crippen molar-refractivity contribution < 1.29 is 4.79 Å². The van der Waals surface area contributed by atoms with Crippen molar-refractivity contribution in [1.82, 2.24) is 19.5 Å². The fourth-order valence-corrected chi connectivity index (χ4v) is 4.70. The highest BCUT2D eigenvalue weighted by atomic mass is 79.9. The zero-order valence-electron chi connectivity index (χ0n) is 18.3. The molecule has 1 N–H and O–H groups in total. The Balaban J connectivity index is 1.46. The van der Waals surface area contributed by atoms with Gasteiger partial charge in [0.25, 0.3) is 5.91 Å². The number of nitrogens with zero attached hydrogens (tertiary/aromatic N) is 4. The first kappa shape index (κ1) is 23.6. The van der Waals surface area contributed by atoms with Crippen molar-refractivity contribution in [3.63, 3.8) is 0 Å². The molecule has 0 aliphatic rings. The number of carbonyl (C=O) groups is 1. The SMILES string of the molecule is CSc1ccccc1C(=O)N(C)CCCNc1cc(-c2ccccc2Cl)nc2c(Br)cnn12. The minimum atomic E-state index is 0.0308. The lowest BCUT2D eigenvalue weighted by molar-refractivity contribution is 0.0791. The summed E-state index contributed by atoms with van der Waals surface area (Å²) < 4.78 is 2.56. The van der Waals surface area contributed by atoms with E-state index in [1.165, 1.54) is 0 Å². The Morgan fingerprint density at radius 2 is 1.97 bits per heavy atom. The van der Waals surface area contributed by atoms with Gasteiger partial charge in [0.15, 0.2) is 5.65 Å². The van der Waals surface area contributed by atoms with Gasteiger partial charge in [-0.2, -0.15) is 9.61 Å². The zero-order valence-corrected chi connectivity index (χ0v) is 21.4. The van der Waals surface area contributed by atoms with Crippen LogP contribution in [0.2, 0.25) is 5.02 Å². The largest absolute Gasteiger partial charge is 0.370 e. The van der Waals surface area contributed by atoms with Crippen LogP contribution >= 0.6 is 39.3 Å². The second-order valence-electron chi connectivity index (χ2n) is 7.44. The molecule has 0 saturated heterocycles. The number of hydrogen-bond donors (Lipinski definition) is 1. The number of nitrogens with one attached hydrogen (secondary N) is 1. The molecule has 2 aromatic carbocycles. The monoisotopic (exact) mass is 543 g/mol. The molecule has 0 unspecified atom stereocenters. The molecule has 0 atom stereocenters. The van der Waals surface area contributed by atoms with E-state index in [-0.39, 0.29) is 5.91 Å². The highest BCUT2D eigenvalue weighted by Crippen LogP contribution is 2.30. The molecule has 0 radical (unpaired) electrons. The van der Waals surface area contributed by atoms with Crippen molar-refractivity contribution in [3.05, 3.63) is 75.9 Å². The average molecular weight is 545 g/mol. The van der Waals surface area contributed by atoms with Gasteiger partial charge >= 0.3 is 0 Å². The van der Waals surface area contributed by atoms with Crippen molar-refractivity contribution in [3.8, 4) is 11.3 Å². The van der Waals surface area contributed by atoms with Crippen molar-refractivity contribution in [2.45, 2.75) is 11.3 Å². The van der Waals surface area contributed by atoms with Gasteiger partial charge in [0.2, 0.25) is 0 Å². The summed E-state index contributed by atoms with van der Waals surface area (Å²) in [5.41, 5.74) is 3.06. The zero-order chi connectivity index (χ0) is 23.4. The van der Waals surface area contributed by atoms with E-state index >= 15 is 0 Å². The normalized spacial score (nSPS) is 11.0. The Morgan fingerprint density at radius 3 is 2.76 bits per heavy atom. The Kier molecular flexibility index (Phi) is 7.57. The average Bonchev–Trinajstić information content (AvgIpc) is 3.22. The van der Waals surface area contributed by atoms with E-state index in [1.807, 2.05) is 67.9 Å². The standard InChI is InChI=1S/C24H23BrClN5OS/c1-30(24(32)17-9-4-6-11-21(17)33-2)13-7-12-27-22-14-20(16-8-3-5-10-19(16)26)29-23-18(25)15-28-31(22)23/h3-6,8-11,14-15,27H,7,12-13H2,1-2H3. The van der Waals surface area contributed by atoms with E-state index in [2.05, 4.69) is 26.3 Å². The number of halogens is 2. The third-order valence-electron chi connectivity index (χ3n) is 5.24. The number of rotatable bonds is 8. The highest BCUT2D eigenvalue weighted by molar-refractivity contribution is 9.10. The van der Waals surface area contributed by atoms with Crippen molar-refractivity contribution in [2.24, 2.45) is 0 Å². The van der Waals surface area contributed by atoms with Crippen LogP contribution in [0, 0.1) is 0 Å². The molecule has 0 spiro atoms. The summed E-state index contributed by atoms with van der Waals surface area (Å²) in [4.78, 5) is 20.3. The third kappa shape index (κ3) is 5.18. The molecular weight excluding hydrogens is 522 g/mol. The van der Waals surface area contributed by atoms with Gasteiger partial charge in [-0.3, -0.25) is 4.79 Å². The molecule has 0 saturated carbocycles. The molecule has 0 fully saturated rings. The van der Waals surface area contributed by atoms with E-state index in [0.29, 0.717) is 23.8 Å². The summed E-state index contributed by atoms with van der Waals surface area (Å²) in [6, 6.07) is 17.3. The lowest BCUT2D eigenvalue weighted by Gasteiger charge is -2.19. The van der Waals surface area contributed by atoms with E-state index in [4.69, 9.17) is 16.6 Å². The lowest BCUT2D eigenvalue weighted by Crippen LogP contribution is -2.29. The summed E-state index contributed by atoms with van der Waals surface area (Å²) >= 11 is 11.5. The van der Waals surface area contributed by atoms with Gasteiger partial charge < -0.3 is 10.2 Å². The van der Waals surface area contributed by atoms with Crippen LogP contribution < -0.4 is 5.32 Å². The summed E-state index contributed by atoms with van der Waals surface area (Å²) in [7, 11) is 1.84. The first-order valence-corrected chi connectivity index (χ1v) is 12.8. The molecule has 2 heterocycles. The Labute approximate surface area is 210 Å². The molecule has 33 heavy (non-hydrogen) atoms. The lowest BCUT2D eigenvalue weighted by atomic mass is 10.1. The number of thioether (sulfide) groups is 1. The van der Waals surface area contributed by atoms with Gasteiger partial charge in [-0.15, -0.1) is 11.8 Å². The number of carbonyl (C=O) groups excluding carboxylic acids is 1. The van der Waals surface area contributed by atoms with Crippen molar-refractivity contribution in [2.75, 3.05) is 31.7 Å². The highest BCUT2D eigenvalue weighted by Gasteiger charge is 2.16. The third-order valence-corrected chi connectivity index (χ3v) is 6.92.